The van der Waals surface area contributed by atoms with Crippen LogP contribution < -0.4 is 11.1 Å². The van der Waals surface area contributed by atoms with Gasteiger partial charge in [-0.2, -0.15) is 0 Å². The lowest BCUT2D eigenvalue weighted by Gasteiger charge is -2.28. The Balaban J connectivity index is 3.69. The van der Waals surface area contributed by atoms with E-state index < -0.39 is 5.85 Å². The summed E-state index contributed by atoms with van der Waals surface area (Å²) in [6.07, 6.45) is 0.786. The van der Waals surface area contributed by atoms with Crippen molar-refractivity contribution in [3.63, 3.8) is 0 Å². The number of rotatable bonds is 5. The monoisotopic (exact) mass is 146 g/mol. The molecule has 0 aliphatic carbocycles. The molecule has 0 heterocycles. The molecular formula is C7H18N2O. The van der Waals surface area contributed by atoms with Crippen molar-refractivity contribution >= 4 is 0 Å². The van der Waals surface area contributed by atoms with E-state index in [2.05, 4.69) is 5.32 Å². The second-order valence-electron chi connectivity index (χ2n) is 2.21. The minimum absolute atomic E-state index is 0.608. The van der Waals surface area contributed by atoms with Crippen LogP contribution in [0, 0.1) is 0 Å². The topological polar surface area (TPSA) is 47.3 Å². The van der Waals surface area contributed by atoms with Gasteiger partial charge in [-0.15, -0.1) is 0 Å². The predicted octanol–water partition coefficient (Wildman–Crippen LogP) is 0.655. The van der Waals surface area contributed by atoms with E-state index in [1.165, 1.54) is 0 Å². The van der Waals surface area contributed by atoms with E-state index in [1.807, 2.05) is 20.8 Å². The lowest BCUT2D eigenvalue weighted by molar-refractivity contribution is -0.0624. The largest absolute Gasteiger partial charge is 0.348 e. The Morgan fingerprint density at radius 2 is 2.00 bits per heavy atom. The van der Waals surface area contributed by atoms with Gasteiger partial charge in [-0.05, 0) is 13.5 Å². The summed E-state index contributed by atoms with van der Waals surface area (Å²) in [5.74, 6) is -0.608. The maximum absolute atomic E-state index is 5.78. The third kappa shape index (κ3) is 3.15. The number of ether oxygens (including phenoxy) is 1. The number of nitrogens with one attached hydrogen (secondary N) is 1. The summed E-state index contributed by atoms with van der Waals surface area (Å²) in [7, 11) is 0. The molecule has 0 aliphatic rings. The highest BCUT2D eigenvalue weighted by Crippen LogP contribution is 2.02. The highest BCUT2D eigenvalue weighted by Gasteiger charge is 2.19. The molecule has 0 spiro atoms. The summed E-state index contributed by atoms with van der Waals surface area (Å²) in [5, 5.41) is 3.07. The lowest BCUT2D eigenvalue weighted by atomic mass is 10.3. The summed E-state index contributed by atoms with van der Waals surface area (Å²) >= 11 is 0. The van der Waals surface area contributed by atoms with E-state index in [9.17, 15) is 0 Å². The van der Waals surface area contributed by atoms with Crippen LogP contribution in [0.25, 0.3) is 0 Å². The molecule has 0 aromatic carbocycles. The van der Waals surface area contributed by atoms with Crippen molar-refractivity contribution in [2.24, 2.45) is 5.73 Å². The summed E-state index contributed by atoms with van der Waals surface area (Å²) in [6.45, 7) is 7.44. The molecule has 0 saturated carbocycles. The molecule has 1 unspecified atom stereocenters. The van der Waals surface area contributed by atoms with Crippen LogP contribution in [-0.4, -0.2) is 19.0 Å². The van der Waals surface area contributed by atoms with Crippen molar-refractivity contribution in [3.8, 4) is 0 Å². The van der Waals surface area contributed by atoms with Crippen molar-refractivity contribution in [2.75, 3.05) is 13.2 Å². The van der Waals surface area contributed by atoms with Crippen molar-refractivity contribution in [1.82, 2.24) is 5.32 Å². The zero-order valence-electron chi connectivity index (χ0n) is 7.11. The molecular weight excluding hydrogens is 128 g/mol. The highest BCUT2D eigenvalue weighted by molar-refractivity contribution is 4.66. The SMILES string of the molecule is CCNC(N)(CC)OCC. The second-order valence-corrected chi connectivity index (χ2v) is 2.21. The van der Waals surface area contributed by atoms with Gasteiger partial charge in [0.15, 0.2) is 5.85 Å². The van der Waals surface area contributed by atoms with Gasteiger partial charge >= 0.3 is 0 Å². The molecule has 0 fully saturated rings. The molecule has 0 aliphatic heterocycles. The quantitative estimate of drug-likeness (QED) is 0.560. The molecule has 0 rings (SSSR count). The van der Waals surface area contributed by atoms with Crippen LogP contribution in [-0.2, 0) is 4.74 Å². The predicted molar refractivity (Wildman–Crippen MR) is 42.5 cm³/mol. The Hall–Kier alpha value is -0.120. The Bertz CT molecular complexity index is 79.7. The Morgan fingerprint density at radius 1 is 1.40 bits per heavy atom. The van der Waals surface area contributed by atoms with Crippen LogP contribution in [0.15, 0.2) is 0 Å². The van der Waals surface area contributed by atoms with Crippen molar-refractivity contribution < 1.29 is 4.74 Å². The summed E-state index contributed by atoms with van der Waals surface area (Å²) in [5.41, 5.74) is 5.78. The number of nitrogens with two attached hydrogens (primary N) is 1. The first kappa shape index (κ1) is 9.88. The smallest absolute Gasteiger partial charge is 0.171 e. The van der Waals surface area contributed by atoms with Gasteiger partial charge < -0.3 is 4.74 Å². The van der Waals surface area contributed by atoms with Crippen molar-refractivity contribution in [3.05, 3.63) is 0 Å². The van der Waals surface area contributed by atoms with Crippen LogP contribution in [0.1, 0.15) is 27.2 Å². The van der Waals surface area contributed by atoms with Crippen LogP contribution >= 0.6 is 0 Å². The van der Waals surface area contributed by atoms with Gasteiger partial charge in [0.25, 0.3) is 0 Å². The molecule has 10 heavy (non-hydrogen) atoms. The zero-order chi connectivity index (χ0) is 8.04. The van der Waals surface area contributed by atoms with E-state index in [-0.39, 0.29) is 0 Å². The van der Waals surface area contributed by atoms with Gasteiger partial charge in [0.2, 0.25) is 0 Å². The molecule has 0 radical (unpaired) electrons. The third-order valence-corrected chi connectivity index (χ3v) is 1.40. The fourth-order valence-corrected chi connectivity index (χ4v) is 0.835. The van der Waals surface area contributed by atoms with E-state index in [1.54, 1.807) is 0 Å². The molecule has 3 N–H and O–H groups in total. The molecule has 62 valence electrons. The Morgan fingerprint density at radius 3 is 2.30 bits per heavy atom. The third-order valence-electron chi connectivity index (χ3n) is 1.40. The lowest BCUT2D eigenvalue weighted by Crippen LogP contribution is -2.55. The number of hydrogen-bond acceptors (Lipinski definition) is 3. The maximum Gasteiger partial charge on any atom is 0.171 e. The van der Waals surface area contributed by atoms with Crippen molar-refractivity contribution in [1.29, 1.82) is 0 Å². The first-order valence-electron chi connectivity index (χ1n) is 3.86. The van der Waals surface area contributed by atoms with Crippen LogP contribution in [0.2, 0.25) is 0 Å². The first-order chi connectivity index (χ1) is 4.68. The minimum Gasteiger partial charge on any atom is -0.348 e. The normalized spacial score (nSPS) is 16.8. The van der Waals surface area contributed by atoms with Crippen LogP contribution in [0.3, 0.4) is 0 Å². The van der Waals surface area contributed by atoms with E-state index in [0.29, 0.717) is 6.61 Å². The molecule has 0 aromatic heterocycles. The molecule has 0 aromatic rings. The maximum atomic E-state index is 5.78. The summed E-state index contributed by atoms with van der Waals surface area (Å²) in [6, 6.07) is 0. The average molecular weight is 146 g/mol. The Labute approximate surface area is 62.9 Å². The van der Waals surface area contributed by atoms with E-state index in [4.69, 9.17) is 10.5 Å². The minimum atomic E-state index is -0.608. The molecule has 3 heteroatoms. The molecule has 0 bridgehead atoms. The van der Waals surface area contributed by atoms with Crippen molar-refractivity contribution in [2.45, 2.75) is 33.0 Å². The van der Waals surface area contributed by atoms with Gasteiger partial charge in [-0.1, -0.05) is 13.8 Å². The molecule has 0 amide bonds. The van der Waals surface area contributed by atoms with Crippen LogP contribution in [0.5, 0.6) is 0 Å². The van der Waals surface area contributed by atoms with Gasteiger partial charge in [0.05, 0.1) is 0 Å². The Kier molecular flexibility index (Phi) is 4.60. The van der Waals surface area contributed by atoms with Gasteiger partial charge in [0, 0.05) is 13.0 Å². The molecule has 0 saturated heterocycles. The van der Waals surface area contributed by atoms with Gasteiger partial charge in [-0.25, -0.2) is 0 Å². The summed E-state index contributed by atoms with van der Waals surface area (Å²) < 4.78 is 5.29. The average Bonchev–Trinajstić information content (AvgIpc) is 1.89. The van der Waals surface area contributed by atoms with Gasteiger partial charge in [0.1, 0.15) is 0 Å². The summed E-state index contributed by atoms with van der Waals surface area (Å²) in [4.78, 5) is 0. The fourth-order valence-electron chi connectivity index (χ4n) is 0.835. The zero-order valence-corrected chi connectivity index (χ0v) is 7.11. The standard InChI is InChI=1S/C7H18N2O/c1-4-7(8,9-5-2)10-6-3/h9H,4-6,8H2,1-3H3. The van der Waals surface area contributed by atoms with E-state index >= 15 is 0 Å². The van der Waals surface area contributed by atoms with Crippen LogP contribution in [0.4, 0.5) is 0 Å². The van der Waals surface area contributed by atoms with E-state index in [0.717, 1.165) is 13.0 Å². The number of hydrogen-bond donors (Lipinski definition) is 2. The second kappa shape index (κ2) is 4.66. The molecule has 3 nitrogen and oxygen atoms in total. The highest BCUT2D eigenvalue weighted by atomic mass is 16.5. The fraction of sp³-hybridized carbons (Fsp3) is 1.00. The van der Waals surface area contributed by atoms with Gasteiger partial charge in [-0.3, -0.25) is 11.1 Å². The first-order valence-corrected chi connectivity index (χ1v) is 3.86. The molecule has 1 atom stereocenters.